The molecule has 3 aromatic carbocycles. The standard InChI is InChI=1S/C26H20N2O6S/c1-28-24(26(31)27-20-13-6-3-7-14-21(20)29)25(19-12-8-9-15-22(19)35(28,32)33)34-23(30)17-16-18-10-4-2-5-11-18/h2-17H,1H3,(H,27,29,31). The fraction of sp³-hybridized carbons (Fsp3) is 0.0385. The highest BCUT2D eigenvalue weighted by atomic mass is 32.2. The number of amides is 1. The molecule has 0 fully saturated rings. The van der Waals surface area contributed by atoms with E-state index in [0.29, 0.717) is 0 Å². The molecule has 8 nitrogen and oxygen atoms in total. The van der Waals surface area contributed by atoms with Crippen LogP contribution in [-0.2, 0) is 24.3 Å². The first-order valence-electron chi connectivity index (χ1n) is 10.5. The van der Waals surface area contributed by atoms with Crippen molar-refractivity contribution in [2.45, 2.75) is 4.90 Å². The number of fused-ring (bicyclic) bond motifs is 1. The van der Waals surface area contributed by atoms with Crippen molar-refractivity contribution in [3.63, 3.8) is 0 Å². The number of sulfonamides is 1. The lowest BCUT2D eigenvalue weighted by Crippen LogP contribution is -2.38. The Hall–Kier alpha value is -4.50. The molecule has 9 heteroatoms. The van der Waals surface area contributed by atoms with E-state index in [0.717, 1.165) is 9.87 Å². The molecule has 1 aliphatic heterocycles. The van der Waals surface area contributed by atoms with Gasteiger partial charge in [-0.25, -0.2) is 13.2 Å². The third-order valence-corrected chi connectivity index (χ3v) is 6.99. The van der Waals surface area contributed by atoms with E-state index in [4.69, 9.17) is 4.74 Å². The number of nitrogens with zero attached hydrogens (tertiary/aromatic N) is 1. The molecule has 35 heavy (non-hydrogen) atoms. The number of rotatable bonds is 5. The van der Waals surface area contributed by atoms with Crippen LogP contribution in [0.1, 0.15) is 11.1 Å². The highest BCUT2D eigenvalue weighted by molar-refractivity contribution is 7.89. The molecule has 176 valence electrons. The number of hydrogen-bond donors (Lipinski definition) is 1. The third kappa shape index (κ3) is 4.90. The van der Waals surface area contributed by atoms with E-state index in [1.807, 2.05) is 6.07 Å². The summed E-state index contributed by atoms with van der Waals surface area (Å²) in [5.41, 5.74) is -0.170. The molecule has 0 aromatic heterocycles. The number of anilines is 1. The lowest BCUT2D eigenvalue weighted by molar-refractivity contribution is -0.131. The molecule has 0 spiro atoms. The molecule has 3 aromatic rings. The quantitative estimate of drug-likeness (QED) is 0.436. The molecule has 1 heterocycles. The van der Waals surface area contributed by atoms with E-state index in [1.165, 1.54) is 55.6 Å². The zero-order valence-corrected chi connectivity index (χ0v) is 19.4. The average Bonchev–Trinajstić information content (AvgIpc) is 3.06. The first-order chi connectivity index (χ1) is 16.8. The molecule has 0 unspecified atom stereocenters. The van der Waals surface area contributed by atoms with Crippen LogP contribution in [-0.4, -0.2) is 31.6 Å². The molecule has 1 aliphatic rings. The monoisotopic (exact) mass is 488 g/mol. The Bertz CT molecular complexity index is 1530. The normalized spacial score (nSPS) is 14.4. The topological polar surface area (TPSA) is 110 Å². The zero-order chi connectivity index (χ0) is 25.0. The maximum Gasteiger partial charge on any atom is 0.336 e. The molecule has 0 atom stereocenters. The smallest absolute Gasteiger partial charge is 0.336 e. The predicted molar refractivity (Wildman–Crippen MR) is 131 cm³/mol. The van der Waals surface area contributed by atoms with Crippen molar-refractivity contribution in [1.82, 2.24) is 4.31 Å². The van der Waals surface area contributed by atoms with Crippen molar-refractivity contribution >= 4 is 39.4 Å². The lowest BCUT2D eigenvalue weighted by atomic mass is 10.1. The van der Waals surface area contributed by atoms with E-state index >= 15 is 0 Å². The molecule has 0 bridgehead atoms. The van der Waals surface area contributed by atoms with Gasteiger partial charge in [-0.15, -0.1) is 0 Å². The Morgan fingerprint density at radius 3 is 2.26 bits per heavy atom. The summed E-state index contributed by atoms with van der Waals surface area (Å²) in [7, 11) is -2.95. The zero-order valence-electron chi connectivity index (χ0n) is 18.5. The van der Waals surface area contributed by atoms with Crippen LogP contribution in [0.3, 0.4) is 0 Å². The number of hydrogen-bond acceptors (Lipinski definition) is 6. The third-order valence-electron chi connectivity index (χ3n) is 5.18. The van der Waals surface area contributed by atoms with Gasteiger partial charge in [0.2, 0.25) is 5.43 Å². The van der Waals surface area contributed by atoms with Crippen LogP contribution in [0, 0.1) is 0 Å². The Kier molecular flexibility index (Phi) is 6.61. The fourth-order valence-electron chi connectivity index (χ4n) is 3.45. The molecule has 0 radical (unpaired) electrons. The summed E-state index contributed by atoms with van der Waals surface area (Å²) < 4.78 is 32.5. The summed E-state index contributed by atoms with van der Waals surface area (Å²) in [5.74, 6) is -1.98. The van der Waals surface area contributed by atoms with Crippen LogP contribution in [0.15, 0.2) is 106 Å². The van der Waals surface area contributed by atoms with E-state index in [-0.39, 0.29) is 21.9 Å². The van der Waals surface area contributed by atoms with Crippen molar-refractivity contribution in [1.29, 1.82) is 0 Å². The molecule has 0 saturated carbocycles. The van der Waals surface area contributed by atoms with Crippen molar-refractivity contribution < 1.29 is 22.7 Å². The number of ether oxygens (including phenoxy) is 1. The molecule has 1 N–H and O–H groups in total. The van der Waals surface area contributed by atoms with Gasteiger partial charge >= 0.3 is 5.97 Å². The van der Waals surface area contributed by atoms with Gasteiger partial charge in [0.15, 0.2) is 11.5 Å². The average molecular weight is 489 g/mol. The van der Waals surface area contributed by atoms with Gasteiger partial charge in [-0.2, -0.15) is 0 Å². The summed E-state index contributed by atoms with van der Waals surface area (Å²) in [6.45, 7) is 0. The molecular formula is C26H20N2O6S. The lowest BCUT2D eigenvalue weighted by Gasteiger charge is -2.29. The Labute approximate surface area is 201 Å². The van der Waals surface area contributed by atoms with E-state index < -0.39 is 33.0 Å². The van der Waals surface area contributed by atoms with Crippen LogP contribution in [0.25, 0.3) is 11.8 Å². The van der Waals surface area contributed by atoms with Crippen LogP contribution in [0.4, 0.5) is 5.69 Å². The maximum absolute atomic E-state index is 13.3. The highest BCUT2D eigenvalue weighted by Crippen LogP contribution is 2.37. The van der Waals surface area contributed by atoms with Crippen LogP contribution < -0.4 is 10.7 Å². The van der Waals surface area contributed by atoms with Crippen LogP contribution >= 0.6 is 0 Å². The van der Waals surface area contributed by atoms with Crippen LogP contribution in [0.5, 0.6) is 0 Å². The Balaban J connectivity index is 1.79. The van der Waals surface area contributed by atoms with Crippen molar-refractivity contribution in [2.24, 2.45) is 0 Å². The minimum absolute atomic E-state index is 0.0539. The molecular weight excluding hydrogens is 468 g/mol. The number of carbonyl (C=O) groups excluding carboxylic acids is 2. The van der Waals surface area contributed by atoms with Gasteiger partial charge in [0.25, 0.3) is 15.9 Å². The van der Waals surface area contributed by atoms with Crippen molar-refractivity contribution in [3.05, 3.63) is 118 Å². The summed E-state index contributed by atoms with van der Waals surface area (Å²) in [6, 6.07) is 22.2. The van der Waals surface area contributed by atoms with Crippen molar-refractivity contribution in [3.8, 4) is 0 Å². The highest BCUT2D eigenvalue weighted by Gasteiger charge is 2.39. The maximum atomic E-state index is 13.3. The SMILES string of the molecule is CN1C(C(=O)Nc2cccccc2=O)=C(OC(=O)C=Cc2ccccc2)c2ccccc2S1(=O)=O. The first-order valence-corrected chi connectivity index (χ1v) is 11.9. The second-order valence-corrected chi connectivity index (χ2v) is 9.39. The first kappa shape index (κ1) is 23.7. The van der Waals surface area contributed by atoms with Gasteiger partial charge in [0.1, 0.15) is 0 Å². The number of nitrogens with one attached hydrogen (secondary N) is 1. The van der Waals surface area contributed by atoms with Crippen molar-refractivity contribution in [2.75, 3.05) is 12.4 Å². The molecule has 4 rings (SSSR count). The molecule has 1 amide bonds. The van der Waals surface area contributed by atoms with Crippen LogP contribution in [0.2, 0.25) is 0 Å². The second kappa shape index (κ2) is 9.78. The summed E-state index contributed by atoms with van der Waals surface area (Å²) in [5, 5.41) is 2.44. The molecule has 0 aliphatic carbocycles. The minimum Gasteiger partial charge on any atom is -0.420 e. The van der Waals surface area contributed by atoms with Gasteiger partial charge in [-0.05, 0) is 35.9 Å². The van der Waals surface area contributed by atoms with E-state index in [9.17, 15) is 22.8 Å². The van der Waals surface area contributed by atoms with E-state index in [1.54, 1.807) is 42.5 Å². The van der Waals surface area contributed by atoms with Gasteiger partial charge in [-0.3, -0.25) is 13.9 Å². The summed E-state index contributed by atoms with van der Waals surface area (Å²) >= 11 is 0. The minimum atomic E-state index is -4.13. The number of carbonyl (C=O) groups is 2. The summed E-state index contributed by atoms with van der Waals surface area (Å²) in [4.78, 5) is 38.1. The van der Waals surface area contributed by atoms with Gasteiger partial charge in [0, 0.05) is 18.7 Å². The number of benzene rings is 2. The van der Waals surface area contributed by atoms with E-state index in [2.05, 4.69) is 5.32 Å². The van der Waals surface area contributed by atoms with Gasteiger partial charge in [0.05, 0.1) is 10.6 Å². The number of likely N-dealkylation sites (N-methyl/N-ethyl adjacent to an activating group) is 1. The number of esters is 1. The Morgan fingerprint density at radius 2 is 1.51 bits per heavy atom. The largest absolute Gasteiger partial charge is 0.420 e. The second-order valence-electron chi connectivity index (χ2n) is 7.45. The molecule has 0 saturated heterocycles. The predicted octanol–water partition coefficient (Wildman–Crippen LogP) is 3.24. The van der Waals surface area contributed by atoms with Gasteiger partial charge < -0.3 is 10.1 Å². The summed E-state index contributed by atoms with van der Waals surface area (Å²) in [6.07, 6.45) is 2.71. The van der Waals surface area contributed by atoms with Gasteiger partial charge in [-0.1, -0.05) is 60.7 Å². The Morgan fingerprint density at radius 1 is 0.886 bits per heavy atom. The fourth-order valence-corrected chi connectivity index (χ4v) is 4.84.